The highest BCUT2D eigenvalue weighted by atomic mass is 16.5. The second kappa shape index (κ2) is 6.46. The first-order chi connectivity index (χ1) is 9.83. The van der Waals surface area contributed by atoms with E-state index in [9.17, 15) is 0 Å². The molecule has 0 aliphatic carbocycles. The Balaban J connectivity index is 1.66. The Morgan fingerprint density at radius 3 is 2.65 bits per heavy atom. The molecule has 3 rings (SSSR count). The molecule has 110 valence electrons. The van der Waals surface area contributed by atoms with Crippen molar-refractivity contribution in [1.82, 2.24) is 5.32 Å². The van der Waals surface area contributed by atoms with E-state index in [0.717, 1.165) is 58.0 Å². The average Bonchev–Trinajstić information content (AvgIpc) is 2.49. The third kappa shape index (κ3) is 3.25. The molecule has 0 amide bonds. The molecule has 0 bridgehead atoms. The van der Waals surface area contributed by atoms with Gasteiger partial charge in [0.15, 0.2) is 0 Å². The van der Waals surface area contributed by atoms with Crippen LogP contribution in [-0.4, -0.2) is 45.5 Å². The van der Waals surface area contributed by atoms with Gasteiger partial charge in [0, 0.05) is 44.7 Å². The SMILES string of the molecule is Cc1cc(OC2CCOCC2)ccc1N1CCNCC1. The Kier molecular flexibility index (Phi) is 4.43. The zero-order valence-corrected chi connectivity index (χ0v) is 12.2. The fourth-order valence-electron chi connectivity index (χ4n) is 2.95. The summed E-state index contributed by atoms with van der Waals surface area (Å²) < 4.78 is 11.4. The van der Waals surface area contributed by atoms with Gasteiger partial charge in [0.1, 0.15) is 11.9 Å². The van der Waals surface area contributed by atoms with E-state index in [1.807, 2.05) is 0 Å². The van der Waals surface area contributed by atoms with Crippen molar-refractivity contribution in [3.05, 3.63) is 23.8 Å². The number of rotatable bonds is 3. The van der Waals surface area contributed by atoms with Crippen molar-refractivity contribution in [3.63, 3.8) is 0 Å². The van der Waals surface area contributed by atoms with Gasteiger partial charge in [0.05, 0.1) is 13.2 Å². The summed E-state index contributed by atoms with van der Waals surface area (Å²) in [5.41, 5.74) is 2.64. The normalized spacial score (nSPS) is 20.9. The van der Waals surface area contributed by atoms with Gasteiger partial charge >= 0.3 is 0 Å². The molecule has 1 aromatic carbocycles. The van der Waals surface area contributed by atoms with Gasteiger partial charge in [-0.25, -0.2) is 0 Å². The fourth-order valence-corrected chi connectivity index (χ4v) is 2.95. The maximum Gasteiger partial charge on any atom is 0.120 e. The summed E-state index contributed by atoms with van der Waals surface area (Å²) >= 11 is 0. The van der Waals surface area contributed by atoms with Crippen molar-refractivity contribution in [2.75, 3.05) is 44.3 Å². The molecule has 2 fully saturated rings. The highest BCUT2D eigenvalue weighted by Crippen LogP contribution is 2.26. The van der Waals surface area contributed by atoms with E-state index in [4.69, 9.17) is 9.47 Å². The Hall–Kier alpha value is -1.26. The highest BCUT2D eigenvalue weighted by Gasteiger charge is 2.17. The minimum Gasteiger partial charge on any atom is -0.490 e. The van der Waals surface area contributed by atoms with Gasteiger partial charge in [0.25, 0.3) is 0 Å². The molecule has 1 N–H and O–H groups in total. The zero-order chi connectivity index (χ0) is 13.8. The molecule has 0 saturated carbocycles. The van der Waals surface area contributed by atoms with Gasteiger partial charge in [-0.2, -0.15) is 0 Å². The number of nitrogens with one attached hydrogen (secondary N) is 1. The molecule has 0 spiro atoms. The number of ether oxygens (including phenoxy) is 2. The Labute approximate surface area is 121 Å². The van der Waals surface area contributed by atoms with E-state index < -0.39 is 0 Å². The maximum absolute atomic E-state index is 6.07. The van der Waals surface area contributed by atoms with E-state index in [0.29, 0.717) is 6.10 Å². The van der Waals surface area contributed by atoms with E-state index in [1.165, 1.54) is 11.3 Å². The zero-order valence-electron chi connectivity index (χ0n) is 12.2. The van der Waals surface area contributed by atoms with Crippen molar-refractivity contribution in [3.8, 4) is 5.75 Å². The van der Waals surface area contributed by atoms with Crippen LogP contribution in [0.3, 0.4) is 0 Å². The molecule has 4 heteroatoms. The number of aryl methyl sites for hydroxylation is 1. The van der Waals surface area contributed by atoms with Gasteiger partial charge in [-0.15, -0.1) is 0 Å². The van der Waals surface area contributed by atoms with Gasteiger partial charge in [-0.05, 0) is 30.7 Å². The topological polar surface area (TPSA) is 33.7 Å². The molecular weight excluding hydrogens is 252 g/mol. The molecule has 2 aliphatic rings. The lowest BCUT2D eigenvalue weighted by Gasteiger charge is -2.31. The predicted molar refractivity (Wildman–Crippen MR) is 80.7 cm³/mol. The van der Waals surface area contributed by atoms with Crippen molar-refractivity contribution < 1.29 is 9.47 Å². The van der Waals surface area contributed by atoms with Gasteiger partial charge < -0.3 is 19.7 Å². The van der Waals surface area contributed by atoms with Gasteiger partial charge in [-0.1, -0.05) is 0 Å². The number of anilines is 1. The van der Waals surface area contributed by atoms with Crippen molar-refractivity contribution >= 4 is 5.69 Å². The Bertz CT molecular complexity index is 438. The number of benzene rings is 1. The first-order valence-electron chi connectivity index (χ1n) is 7.63. The van der Waals surface area contributed by atoms with Crippen molar-refractivity contribution in [2.24, 2.45) is 0 Å². The van der Waals surface area contributed by atoms with Crippen LogP contribution in [0.25, 0.3) is 0 Å². The van der Waals surface area contributed by atoms with Crippen LogP contribution < -0.4 is 15.0 Å². The first-order valence-corrected chi connectivity index (χ1v) is 7.63. The van der Waals surface area contributed by atoms with Crippen LogP contribution in [0.4, 0.5) is 5.69 Å². The lowest BCUT2D eigenvalue weighted by molar-refractivity contribution is 0.0255. The minimum absolute atomic E-state index is 0.313. The smallest absolute Gasteiger partial charge is 0.120 e. The molecule has 4 nitrogen and oxygen atoms in total. The van der Waals surface area contributed by atoms with Crippen LogP contribution in [0, 0.1) is 6.92 Å². The van der Waals surface area contributed by atoms with Crippen LogP contribution in [-0.2, 0) is 4.74 Å². The van der Waals surface area contributed by atoms with Crippen molar-refractivity contribution in [1.29, 1.82) is 0 Å². The monoisotopic (exact) mass is 276 g/mol. The summed E-state index contributed by atoms with van der Waals surface area (Å²) in [5.74, 6) is 0.994. The molecule has 20 heavy (non-hydrogen) atoms. The quantitative estimate of drug-likeness (QED) is 0.915. The van der Waals surface area contributed by atoms with Crippen molar-refractivity contribution in [2.45, 2.75) is 25.9 Å². The number of nitrogens with zero attached hydrogens (tertiary/aromatic N) is 1. The highest BCUT2D eigenvalue weighted by molar-refractivity contribution is 5.56. The molecule has 0 radical (unpaired) electrons. The number of hydrogen-bond donors (Lipinski definition) is 1. The van der Waals surface area contributed by atoms with Gasteiger partial charge in [0.2, 0.25) is 0 Å². The average molecular weight is 276 g/mol. The van der Waals surface area contributed by atoms with Gasteiger partial charge in [-0.3, -0.25) is 0 Å². The predicted octanol–water partition coefficient (Wildman–Crippen LogP) is 1.96. The molecule has 0 unspecified atom stereocenters. The second-order valence-corrected chi connectivity index (χ2v) is 5.61. The number of piperazine rings is 1. The summed E-state index contributed by atoms with van der Waals surface area (Å²) in [5, 5.41) is 3.39. The lowest BCUT2D eigenvalue weighted by atomic mass is 10.1. The second-order valence-electron chi connectivity index (χ2n) is 5.61. The molecule has 2 saturated heterocycles. The summed E-state index contributed by atoms with van der Waals surface area (Å²) in [6, 6.07) is 6.49. The molecule has 1 aromatic rings. The molecule has 2 heterocycles. The van der Waals surface area contributed by atoms with Crippen LogP contribution in [0.15, 0.2) is 18.2 Å². The molecule has 0 atom stereocenters. The summed E-state index contributed by atoms with van der Waals surface area (Å²) in [4.78, 5) is 2.45. The summed E-state index contributed by atoms with van der Waals surface area (Å²) in [6.45, 7) is 8.13. The standard InChI is InChI=1S/C16H24N2O2/c1-13-12-15(20-14-4-10-19-11-5-14)2-3-16(13)18-8-6-17-7-9-18/h2-3,12,14,17H,4-11H2,1H3. The van der Waals surface area contributed by atoms with E-state index in [2.05, 4.69) is 35.3 Å². The number of hydrogen-bond acceptors (Lipinski definition) is 4. The summed E-state index contributed by atoms with van der Waals surface area (Å²) in [7, 11) is 0. The van der Waals surface area contributed by atoms with E-state index in [1.54, 1.807) is 0 Å². The third-order valence-electron chi connectivity index (χ3n) is 4.10. The Morgan fingerprint density at radius 2 is 1.95 bits per heavy atom. The minimum atomic E-state index is 0.313. The van der Waals surface area contributed by atoms with Crippen LogP contribution in [0.5, 0.6) is 5.75 Å². The van der Waals surface area contributed by atoms with Crippen LogP contribution in [0.2, 0.25) is 0 Å². The van der Waals surface area contributed by atoms with E-state index in [-0.39, 0.29) is 0 Å². The summed E-state index contributed by atoms with van der Waals surface area (Å²) in [6.07, 6.45) is 2.31. The van der Waals surface area contributed by atoms with E-state index >= 15 is 0 Å². The third-order valence-corrected chi connectivity index (χ3v) is 4.10. The molecule has 0 aromatic heterocycles. The molecule has 2 aliphatic heterocycles. The fraction of sp³-hybridized carbons (Fsp3) is 0.625. The first kappa shape index (κ1) is 13.7. The largest absolute Gasteiger partial charge is 0.490 e. The maximum atomic E-state index is 6.07. The lowest BCUT2D eigenvalue weighted by Crippen LogP contribution is -2.43. The van der Waals surface area contributed by atoms with Crippen LogP contribution >= 0.6 is 0 Å². The molecular formula is C16H24N2O2. The van der Waals surface area contributed by atoms with Crippen LogP contribution in [0.1, 0.15) is 18.4 Å². The Morgan fingerprint density at radius 1 is 1.20 bits per heavy atom.